The number of unbranched alkanes of at least 4 members (excludes halogenated alkanes) is 15. The maximum Gasteiger partial charge on any atom is 0.397 e. The molecule has 0 aromatic carbocycles. The van der Waals surface area contributed by atoms with E-state index in [0.29, 0.717) is 6.61 Å². The minimum atomic E-state index is -4.16. The van der Waals surface area contributed by atoms with Crippen LogP contribution in [0.15, 0.2) is 0 Å². The summed E-state index contributed by atoms with van der Waals surface area (Å²) in [6, 6.07) is 0. The standard InChI is InChI=1S/C22H47NO.CH4O4S/c1-3-5-6-7-8-9-10-11-12-13-14-15-16-17-18-19-20-23(4-2)21-22-24;1-5-6(2,3)4/h24H,3-22H2,1-2H3;1H3,(H,2,3,4). The number of nitrogens with zero attached hydrogens (tertiary/aromatic N) is 1. The Morgan fingerprint density at radius 1 is 0.667 bits per heavy atom. The van der Waals surface area contributed by atoms with Crippen LogP contribution in [-0.4, -0.2) is 56.3 Å². The highest BCUT2D eigenvalue weighted by Crippen LogP contribution is 2.13. The number of likely N-dealkylation sites (N-methyl/N-ethyl adjacent to an activating group) is 1. The molecule has 184 valence electrons. The van der Waals surface area contributed by atoms with Crippen molar-refractivity contribution in [3.05, 3.63) is 0 Å². The fourth-order valence-corrected chi connectivity index (χ4v) is 3.45. The van der Waals surface area contributed by atoms with Gasteiger partial charge in [0.15, 0.2) is 0 Å². The number of hydrogen-bond acceptors (Lipinski definition) is 5. The van der Waals surface area contributed by atoms with Crippen molar-refractivity contribution < 1.29 is 22.3 Å². The van der Waals surface area contributed by atoms with Gasteiger partial charge < -0.3 is 10.0 Å². The van der Waals surface area contributed by atoms with Gasteiger partial charge in [-0.3, -0.25) is 8.74 Å². The van der Waals surface area contributed by atoms with Crippen molar-refractivity contribution in [3.63, 3.8) is 0 Å². The third-order valence-electron chi connectivity index (χ3n) is 5.40. The predicted octanol–water partition coefficient (Wildman–Crippen LogP) is 6.00. The van der Waals surface area contributed by atoms with Crippen molar-refractivity contribution in [2.75, 3.05) is 33.4 Å². The quantitative estimate of drug-likeness (QED) is 0.164. The Balaban J connectivity index is 0. The lowest BCUT2D eigenvalue weighted by Crippen LogP contribution is -2.27. The Morgan fingerprint density at radius 2 is 1.00 bits per heavy atom. The van der Waals surface area contributed by atoms with Gasteiger partial charge in [0.25, 0.3) is 0 Å². The largest absolute Gasteiger partial charge is 0.397 e. The van der Waals surface area contributed by atoms with Crippen molar-refractivity contribution in [2.45, 2.75) is 117 Å². The third-order valence-corrected chi connectivity index (χ3v) is 5.82. The zero-order valence-electron chi connectivity index (χ0n) is 20.1. The first-order valence-electron chi connectivity index (χ1n) is 12.3. The molecule has 0 aliphatic rings. The van der Waals surface area contributed by atoms with Gasteiger partial charge in [0.2, 0.25) is 0 Å². The average molecular weight is 454 g/mol. The van der Waals surface area contributed by atoms with Crippen LogP contribution in [-0.2, 0) is 14.6 Å². The first-order valence-corrected chi connectivity index (χ1v) is 13.6. The van der Waals surface area contributed by atoms with E-state index in [4.69, 9.17) is 9.66 Å². The summed E-state index contributed by atoms with van der Waals surface area (Å²) in [5.74, 6) is 0. The van der Waals surface area contributed by atoms with Crippen LogP contribution in [0.4, 0.5) is 0 Å². The summed E-state index contributed by atoms with van der Waals surface area (Å²) in [5, 5.41) is 8.96. The van der Waals surface area contributed by atoms with Crippen molar-refractivity contribution in [1.82, 2.24) is 4.90 Å². The van der Waals surface area contributed by atoms with Gasteiger partial charge in [-0.1, -0.05) is 110 Å². The molecule has 0 heterocycles. The molecule has 7 heteroatoms. The van der Waals surface area contributed by atoms with E-state index in [1.165, 1.54) is 103 Å². The van der Waals surface area contributed by atoms with Crippen molar-refractivity contribution in [1.29, 1.82) is 0 Å². The molecule has 0 atom stereocenters. The lowest BCUT2D eigenvalue weighted by Gasteiger charge is -2.18. The number of aliphatic hydroxyl groups excluding tert-OH is 1. The normalized spacial score (nSPS) is 11.5. The molecule has 30 heavy (non-hydrogen) atoms. The van der Waals surface area contributed by atoms with E-state index in [2.05, 4.69) is 22.9 Å². The minimum absolute atomic E-state index is 0.298. The first-order chi connectivity index (χ1) is 14.4. The van der Waals surface area contributed by atoms with Gasteiger partial charge in [0.1, 0.15) is 0 Å². The predicted molar refractivity (Wildman–Crippen MR) is 127 cm³/mol. The van der Waals surface area contributed by atoms with E-state index in [-0.39, 0.29) is 0 Å². The minimum Gasteiger partial charge on any atom is -0.395 e. The van der Waals surface area contributed by atoms with Crippen molar-refractivity contribution in [3.8, 4) is 0 Å². The van der Waals surface area contributed by atoms with Crippen LogP contribution in [0, 0.1) is 0 Å². The van der Waals surface area contributed by atoms with Crippen LogP contribution in [0.25, 0.3) is 0 Å². The van der Waals surface area contributed by atoms with Gasteiger partial charge in [-0.15, -0.1) is 0 Å². The Kier molecular flexibility index (Phi) is 26.7. The van der Waals surface area contributed by atoms with Crippen molar-refractivity contribution >= 4 is 10.4 Å². The van der Waals surface area contributed by atoms with E-state index >= 15 is 0 Å². The summed E-state index contributed by atoms with van der Waals surface area (Å²) >= 11 is 0. The van der Waals surface area contributed by atoms with Gasteiger partial charge in [-0.25, -0.2) is 0 Å². The van der Waals surface area contributed by atoms with E-state index < -0.39 is 10.4 Å². The molecular weight excluding hydrogens is 402 g/mol. The number of hydrogen-bond donors (Lipinski definition) is 2. The Hall–Kier alpha value is -0.210. The van der Waals surface area contributed by atoms with Gasteiger partial charge >= 0.3 is 10.4 Å². The second-order valence-corrected chi connectivity index (χ2v) is 9.24. The number of aliphatic hydroxyl groups is 1. The molecule has 0 saturated heterocycles. The van der Waals surface area contributed by atoms with Gasteiger partial charge in [0.05, 0.1) is 13.7 Å². The van der Waals surface area contributed by atoms with Crippen LogP contribution in [0.2, 0.25) is 0 Å². The molecule has 6 nitrogen and oxygen atoms in total. The summed E-state index contributed by atoms with van der Waals surface area (Å²) in [7, 11) is -3.29. The van der Waals surface area contributed by atoms with Crippen LogP contribution >= 0.6 is 0 Å². The lowest BCUT2D eigenvalue weighted by molar-refractivity contribution is 0.199. The van der Waals surface area contributed by atoms with Crippen molar-refractivity contribution in [2.24, 2.45) is 0 Å². The SMILES string of the molecule is CCCCCCCCCCCCCCCCCCN(CC)CCO.COS(=O)(=O)O. The van der Waals surface area contributed by atoms with Gasteiger partial charge in [0, 0.05) is 6.54 Å². The topological polar surface area (TPSA) is 87.1 Å². The van der Waals surface area contributed by atoms with E-state index in [0.717, 1.165) is 26.7 Å². The summed E-state index contributed by atoms with van der Waals surface area (Å²) in [6.45, 7) is 7.85. The second-order valence-electron chi connectivity index (χ2n) is 8.06. The fourth-order valence-electron chi connectivity index (χ4n) is 3.45. The average Bonchev–Trinajstić information content (AvgIpc) is 2.72. The van der Waals surface area contributed by atoms with E-state index in [1.807, 2.05) is 0 Å². The summed E-state index contributed by atoms with van der Waals surface area (Å²) in [6.07, 6.45) is 22.8. The Morgan fingerprint density at radius 3 is 1.27 bits per heavy atom. The molecule has 0 unspecified atom stereocenters. The molecule has 0 rings (SSSR count). The molecule has 0 radical (unpaired) electrons. The van der Waals surface area contributed by atoms with Crippen LogP contribution < -0.4 is 0 Å². The molecule has 0 aromatic heterocycles. The van der Waals surface area contributed by atoms with Gasteiger partial charge in [-0.2, -0.15) is 8.42 Å². The maximum absolute atomic E-state index is 9.33. The molecule has 0 saturated carbocycles. The Bertz CT molecular complexity index is 418. The molecule has 0 aliphatic heterocycles. The molecule has 0 spiro atoms. The summed E-state index contributed by atoms with van der Waals surface area (Å²) < 4.78 is 29.7. The summed E-state index contributed by atoms with van der Waals surface area (Å²) in [5.41, 5.74) is 0. The van der Waals surface area contributed by atoms with Crippen LogP contribution in [0.3, 0.4) is 0 Å². The molecule has 0 aromatic rings. The van der Waals surface area contributed by atoms with E-state index in [9.17, 15) is 8.42 Å². The molecular formula is C23H51NO5S. The molecule has 0 amide bonds. The molecule has 0 bridgehead atoms. The molecule has 2 N–H and O–H groups in total. The lowest BCUT2D eigenvalue weighted by atomic mass is 10.0. The monoisotopic (exact) mass is 453 g/mol. The second kappa shape index (κ2) is 25.1. The third kappa shape index (κ3) is 30.0. The number of rotatable bonds is 21. The molecule has 0 aliphatic carbocycles. The van der Waals surface area contributed by atoms with E-state index in [1.54, 1.807) is 0 Å². The first kappa shape index (κ1) is 32.0. The fraction of sp³-hybridized carbons (Fsp3) is 1.00. The zero-order valence-corrected chi connectivity index (χ0v) is 20.9. The highest BCUT2D eigenvalue weighted by atomic mass is 32.3. The van der Waals surface area contributed by atoms with Crippen LogP contribution in [0.5, 0.6) is 0 Å². The van der Waals surface area contributed by atoms with Crippen LogP contribution in [0.1, 0.15) is 117 Å². The highest BCUT2D eigenvalue weighted by molar-refractivity contribution is 7.80. The summed E-state index contributed by atoms with van der Waals surface area (Å²) in [4.78, 5) is 2.35. The highest BCUT2D eigenvalue weighted by Gasteiger charge is 2.00. The smallest absolute Gasteiger partial charge is 0.395 e. The maximum atomic E-state index is 9.33. The molecule has 0 fully saturated rings. The van der Waals surface area contributed by atoms with Gasteiger partial charge in [-0.05, 0) is 19.5 Å². The zero-order chi connectivity index (χ0) is 22.9. The Labute approximate surface area is 187 Å².